The van der Waals surface area contributed by atoms with Crippen molar-refractivity contribution in [2.75, 3.05) is 0 Å². The number of alkyl halides is 3. The van der Waals surface area contributed by atoms with Crippen molar-refractivity contribution in [1.29, 1.82) is 0 Å². The smallest absolute Gasteiger partial charge is 0.239 e. The van der Waals surface area contributed by atoms with Crippen LogP contribution in [0.1, 0.15) is 17.2 Å². The van der Waals surface area contributed by atoms with Gasteiger partial charge in [0.15, 0.2) is 11.6 Å². The Balaban J connectivity index is 2.10. The lowest BCUT2D eigenvalue weighted by molar-refractivity contribution is -0.144. The van der Waals surface area contributed by atoms with Gasteiger partial charge in [-0.15, -0.1) is 0 Å². The summed E-state index contributed by atoms with van der Waals surface area (Å²) in [6.07, 6.45) is -1.20. The quantitative estimate of drug-likeness (QED) is 0.623. The van der Waals surface area contributed by atoms with E-state index in [0.29, 0.717) is 5.02 Å². The van der Waals surface area contributed by atoms with E-state index in [4.69, 9.17) is 11.6 Å². The van der Waals surface area contributed by atoms with E-state index in [1.807, 2.05) is 0 Å². The normalized spacial score (nSPS) is 11.6. The summed E-state index contributed by atoms with van der Waals surface area (Å²) < 4.78 is 65.5. The second kappa shape index (κ2) is 6.91. The summed E-state index contributed by atoms with van der Waals surface area (Å²) in [5.41, 5.74) is -0.00290. The molecule has 0 fully saturated rings. The zero-order valence-electron chi connectivity index (χ0n) is 12.7. The van der Waals surface area contributed by atoms with Crippen LogP contribution in [0.25, 0.3) is 11.3 Å². The fourth-order valence-corrected chi connectivity index (χ4v) is 2.26. The van der Waals surface area contributed by atoms with E-state index in [2.05, 4.69) is 19.9 Å². The van der Waals surface area contributed by atoms with E-state index in [1.165, 1.54) is 12.4 Å². The number of nitrogens with zero attached hydrogens (tertiary/aromatic N) is 4. The average molecular weight is 387 g/mol. The first kappa shape index (κ1) is 18.1. The van der Waals surface area contributed by atoms with Crippen LogP contribution in [0.5, 0.6) is 0 Å². The van der Waals surface area contributed by atoms with Crippen LogP contribution < -0.4 is 0 Å². The molecular formula is C16H8ClF5N4. The second-order valence-corrected chi connectivity index (χ2v) is 5.62. The minimum Gasteiger partial charge on any atom is -0.239 e. The number of aromatic nitrogens is 4. The molecule has 0 saturated carbocycles. The van der Waals surface area contributed by atoms with Crippen molar-refractivity contribution in [3.8, 4) is 11.3 Å². The third-order valence-electron chi connectivity index (χ3n) is 3.33. The summed E-state index contributed by atoms with van der Waals surface area (Å²) in [5, 5.41) is 0.290. The van der Waals surface area contributed by atoms with E-state index < -0.39 is 23.6 Å². The molecule has 26 heavy (non-hydrogen) atoms. The van der Waals surface area contributed by atoms with Gasteiger partial charge < -0.3 is 0 Å². The molecule has 4 nitrogen and oxygen atoms in total. The van der Waals surface area contributed by atoms with E-state index in [9.17, 15) is 22.0 Å². The van der Waals surface area contributed by atoms with Crippen LogP contribution >= 0.6 is 11.6 Å². The summed E-state index contributed by atoms with van der Waals surface area (Å²) in [4.78, 5) is 14.7. The van der Waals surface area contributed by atoms with Gasteiger partial charge in [-0.05, 0) is 18.2 Å². The standard InChI is InChI=1S/C16H8ClF5N4/c17-10-6-23-13(24-7-10)4-9-5-25-15(16(20,21)22)26-14(9)8-1-2-11(18)12(19)3-8/h1-3,5-7H,4H2. The Hall–Kier alpha value is -2.68. The molecule has 2 aromatic heterocycles. The summed E-state index contributed by atoms with van der Waals surface area (Å²) >= 11 is 5.69. The number of hydrogen-bond donors (Lipinski definition) is 0. The highest BCUT2D eigenvalue weighted by Gasteiger charge is 2.35. The van der Waals surface area contributed by atoms with Crippen molar-refractivity contribution >= 4 is 11.6 Å². The summed E-state index contributed by atoms with van der Waals surface area (Å²) in [5.74, 6) is -3.47. The van der Waals surface area contributed by atoms with Crippen molar-refractivity contribution in [2.24, 2.45) is 0 Å². The largest absolute Gasteiger partial charge is 0.451 e. The lowest BCUT2D eigenvalue weighted by atomic mass is 10.0. The van der Waals surface area contributed by atoms with Gasteiger partial charge in [-0.3, -0.25) is 0 Å². The first-order valence-corrected chi connectivity index (χ1v) is 7.47. The number of halogens is 6. The summed E-state index contributed by atoms with van der Waals surface area (Å²) in [6, 6.07) is 2.71. The Labute approximate surface area is 148 Å². The maximum Gasteiger partial charge on any atom is 0.451 e. The van der Waals surface area contributed by atoms with Crippen molar-refractivity contribution < 1.29 is 22.0 Å². The third kappa shape index (κ3) is 3.93. The molecule has 134 valence electrons. The lowest BCUT2D eigenvalue weighted by Crippen LogP contribution is -2.13. The molecule has 0 atom stereocenters. The van der Waals surface area contributed by atoms with Crippen LogP contribution in [0.15, 0.2) is 36.8 Å². The molecule has 0 amide bonds. The van der Waals surface area contributed by atoms with E-state index >= 15 is 0 Å². The van der Waals surface area contributed by atoms with Crippen LogP contribution in [0, 0.1) is 11.6 Å². The maximum atomic E-state index is 13.5. The van der Waals surface area contributed by atoms with E-state index in [1.54, 1.807) is 0 Å². The molecule has 0 bridgehead atoms. The predicted octanol–water partition coefficient (Wildman–Crippen LogP) is 4.47. The van der Waals surface area contributed by atoms with Crippen LogP contribution in [0.2, 0.25) is 5.02 Å². The Bertz CT molecular complexity index is 944. The highest BCUT2D eigenvalue weighted by molar-refractivity contribution is 6.30. The molecule has 0 spiro atoms. The molecule has 0 aliphatic heterocycles. The Morgan fingerprint density at radius 3 is 2.23 bits per heavy atom. The van der Waals surface area contributed by atoms with Gasteiger partial charge in [0.05, 0.1) is 10.7 Å². The molecule has 1 aromatic carbocycles. The minimum absolute atomic E-state index is 0.0242. The molecule has 3 aromatic rings. The Morgan fingerprint density at radius 1 is 0.923 bits per heavy atom. The molecule has 0 N–H and O–H groups in total. The first-order valence-electron chi connectivity index (χ1n) is 7.09. The molecule has 3 rings (SSSR count). The van der Waals surface area contributed by atoms with Gasteiger partial charge in [0.1, 0.15) is 5.82 Å². The summed E-state index contributed by atoms with van der Waals surface area (Å²) in [7, 11) is 0. The molecule has 0 radical (unpaired) electrons. The van der Waals surface area contributed by atoms with Crippen LogP contribution in [-0.4, -0.2) is 19.9 Å². The van der Waals surface area contributed by atoms with Gasteiger partial charge in [0.2, 0.25) is 5.82 Å². The van der Waals surface area contributed by atoms with Crippen LogP contribution in [0.4, 0.5) is 22.0 Å². The topological polar surface area (TPSA) is 51.6 Å². The van der Waals surface area contributed by atoms with Gasteiger partial charge >= 0.3 is 6.18 Å². The minimum atomic E-state index is -4.79. The molecule has 0 saturated heterocycles. The zero-order valence-corrected chi connectivity index (χ0v) is 13.5. The van der Waals surface area contributed by atoms with E-state index in [-0.39, 0.29) is 29.1 Å². The van der Waals surface area contributed by atoms with Crippen molar-refractivity contribution in [3.63, 3.8) is 0 Å². The molecule has 10 heteroatoms. The zero-order chi connectivity index (χ0) is 18.9. The number of hydrogen-bond acceptors (Lipinski definition) is 4. The number of rotatable bonds is 3. The third-order valence-corrected chi connectivity index (χ3v) is 3.53. The van der Waals surface area contributed by atoms with E-state index in [0.717, 1.165) is 24.4 Å². The molecule has 0 aliphatic carbocycles. The number of benzene rings is 1. The predicted molar refractivity (Wildman–Crippen MR) is 82.2 cm³/mol. The van der Waals surface area contributed by atoms with Crippen LogP contribution in [0.3, 0.4) is 0 Å². The van der Waals surface area contributed by atoms with Gasteiger partial charge in [-0.1, -0.05) is 11.6 Å². The molecule has 0 aliphatic rings. The lowest BCUT2D eigenvalue weighted by Gasteiger charge is -2.12. The molecule has 2 heterocycles. The van der Waals surface area contributed by atoms with Gasteiger partial charge in [0, 0.05) is 36.1 Å². The maximum absolute atomic E-state index is 13.5. The fraction of sp³-hybridized carbons (Fsp3) is 0.125. The first-order chi connectivity index (χ1) is 12.2. The molecular weight excluding hydrogens is 379 g/mol. The highest BCUT2D eigenvalue weighted by atomic mass is 35.5. The van der Waals surface area contributed by atoms with Gasteiger partial charge in [0.25, 0.3) is 0 Å². The van der Waals surface area contributed by atoms with Crippen molar-refractivity contribution in [3.05, 3.63) is 70.7 Å². The average Bonchev–Trinajstić information content (AvgIpc) is 2.59. The summed E-state index contributed by atoms with van der Waals surface area (Å²) in [6.45, 7) is 0. The van der Waals surface area contributed by atoms with Crippen LogP contribution in [-0.2, 0) is 12.6 Å². The monoisotopic (exact) mass is 386 g/mol. The van der Waals surface area contributed by atoms with Crippen molar-refractivity contribution in [1.82, 2.24) is 19.9 Å². The second-order valence-electron chi connectivity index (χ2n) is 5.19. The highest BCUT2D eigenvalue weighted by Crippen LogP contribution is 2.30. The van der Waals surface area contributed by atoms with Gasteiger partial charge in [-0.2, -0.15) is 13.2 Å². The SMILES string of the molecule is Fc1ccc(-c2nc(C(F)(F)F)ncc2Cc2ncc(Cl)cn2)cc1F. The van der Waals surface area contributed by atoms with Crippen molar-refractivity contribution in [2.45, 2.75) is 12.6 Å². The molecule has 0 unspecified atom stereocenters. The Morgan fingerprint density at radius 2 is 1.62 bits per heavy atom. The van der Waals surface area contributed by atoms with Gasteiger partial charge in [-0.25, -0.2) is 28.7 Å². The Kier molecular flexibility index (Phi) is 4.82. The fourth-order valence-electron chi connectivity index (χ4n) is 2.17.